The van der Waals surface area contributed by atoms with E-state index in [4.69, 9.17) is 4.74 Å². The van der Waals surface area contributed by atoms with Crippen LogP contribution in [0.25, 0.3) is 10.8 Å². The van der Waals surface area contributed by atoms with Gasteiger partial charge in [0.15, 0.2) is 0 Å². The molecule has 0 bridgehead atoms. The molecule has 0 heterocycles. The van der Waals surface area contributed by atoms with E-state index in [-0.39, 0.29) is 0 Å². The lowest BCUT2D eigenvalue weighted by Crippen LogP contribution is -2.16. The van der Waals surface area contributed by atoms with Gasteiger partial charge in [0.05, 0.1) is 7.11 Å². The molecule has 0 N–H and O–H groups in total. The van der Waals surface area contributed by atoms with Crippen LogP contribution in [0.2, 0.25) is 0 Å². The van der Waals surface area contributed by atoms with Gasteiger partial charge in [-0.25, -0.2) is 0 Å². The zero-order valence-electron chi connectivity index (χ0n) is 10.5. The van der Waals surface area contributed by atoms with Crippen molar-refractivity contribution in [2.24, 2.45) is 5.92 Å². The molecule has 1 aliphatic rings. The first-order valence-corrected chi connectivity index (χ1v) is 7.41. The first kappa shape index (κ1) is 12.0. The minimum atomic E-state index is 0.512. The Bertz CT molecular complexity index is 560. The highest BCUT2D eigenvalue weighted by atomic mass is 79.9. The third kappa shape index (κ3) is 2.14. The minimum absolute atomic E-state index is 0.512. The van der Waals surface area contributed by atoms with Crippen LogP contribution < -0.4 is 4.74 Å². The van der Waals surface area contributed by atoms with Crippen LogP contribution in [0.3, 0.4) is 0 Å². The van der Waals surface area contributed by atoms with Gasteiger partial charge >= 0.3 is 0 Å². The van der Waals surface area contributed by atoms with E-state index in [1.54, 1.807) is 7.11 Å². The molecule has 18 heavy (non-hydrogen) atoms. The van der Waals surface area contributed by atoms with Crippen LogP contribution in [0.4, 0.5) is 0 Å². The second kappa shape index (κ2) is 4.93. The summed E-state index contributed by atoms with van der Waals surface area (Å²) in [5.74, 6) is 1.74. The van der Waals surface area contributed by atoms with Crippen LogP contribution in [0.1, 0.15) is 29.7 Å². The van der Waals surface area contributed by atoms with Crippen molar-refractivity contribution in [2.45, 2.75) is 24.1 Å². The second-order valence-electron chi connectivity index (χ2n) is 5.07. The van der Waals surface area contributed by atoms with Crippen molar-refractivity contribution in [1.82, 2.24) is 0 Å². The van der Waals surface area contributed by atoms with Crippen LogP contribution >= 0.6 is 15.9 Å². The summed E-state index contributed by atoms with van der Waals surface area (Å²) in [6, 6.07) is 13.0. The average molecular weight is 305 g/mol. The molecule has 1 saturated carbocycles. The maximum absolute atomic E-state index is 5.26. The molecule has 1 unspecified atom stereocenters. The maximum atomic E-state index is 5.26. The van der Waals surface area contributed by atoms with Crippen LogP contribution in [-0.2, 0) is 0 Å². The SMILES string of the molecule is COc1ccc2cc(C(Br)C3CCC3)ccc2c1. The number of hydrogen-bond acceptors (Lipinski definition) is 1. The third-order valence-electron chi connectivity index (χ3n) is 3.95. The molecule has 1 aliphatic carbocycles. The normalized spacial score (nSPS) is 17.4. The standard InChI is InChI=1S/C16H17BrO/c1-18-15-8-7-12-9-14(6-5-13(12)10-15)16(17)11-3-2-4-11/h5-11,16H,2-4H2,1H3. The first-order chi connectivity index (χ1) is 8.78. The van der Waals surface area contributed by atoms with Gasteiger partial charge in [-0.3, -0.25) is 0 Å². The molecule has 0 saturated heterocycles. The largest absolute Gasteiger partial charge is 0.497 e. The number of hydrogen-bond donors (Lipinski definition) is 0. The van der Waals surface area contributed by atoms with Crippen molar-refractivity contribution in [2.75, 3.05) is 7.11 Å². The van der Waals surface area contributed by atoms with Crippen LogP contribution in [0.5, 0.6) is 5.75 Å². The van der Waals surface area contributed by atoms with Crippen molar-refractivity contribution in [3.8, 4) is 5.75 Å². The Hall–Kier alpha value is -1.02. The van der Waals surface area contributed by atoms with Crippen molar-refractivity contribution >= 4 is 26.7 Å². The maximum Gasteiger partial charge on any atom is 0.119 e. The molecule has 0 aliphatic heterocycles. The number of alkyl halides is 1. The Labute approximate surface area is 116 Å². The lowest BCUT2D eigenvalue weighted by molar-refractivity contribution is 0.312. The van der Waals surface area contributed by atoms with E-state index < -0.39 is 0 Å². The Morgan fingerprint density at radius 2 is 1.83 bits per heavy atom. The van der Waals surface area contributed by atoms with Crippen molar-refractivity contribution in [3.05, 3.63) is 42.0 Å². The van der Waals surface area contributed by atoms with Gasteiger partial charge in [-0.1, -0.05) is 46.6 Å². The van der Waals surface area contributed by atoms with E-state index in [0.717, 1.165) is 11.7 Å². The van der Waals surface area contributed by atoms with Crippen LogP contribution in [0, 0.1) is 5.92 Å². The number of rotatable bonds is 3. The highest BCUT2D eigenvalue weighted by Gasteiger charge is 2.26. The van der Waals surface area contributed by atoms with Gasteiger partial charge in [-0.2, -0.15) is 0 Å². The summed E-state index contributed by atoms with van der Waals surface area (Å²) in [5.41, 5.74) is 1.40. The molecule has 2 aromatic rings. The Morgan fingerprint density at radius 1 is 1.11 bits per heavy atom. The Balaban J connectivity index is 1.95. The Kier molecular flexibility index (Phi) is 3.29. The smallest absolute Gasteiger partial charge is 0.119 e. The first-order valence-electron chi connectivity index (χ1n) is 6.50. The summed E-state index contributed by atoms with van der Waals surface area (Å²) in [5, 5.41) is 2.53. The van der Waals surface area contributed by atoms with Gasteiger partial charge in [0.25, 0.3) is 0 Å². The predicted molar refractivity (Wildman–Crippen MR) is 79.5 cm³/mol. The number of fused-ring (bicyclic) bond motifs is 1. The van der Waals surface area contributed by atoms with Crippen LogP contribution in [-0.4, -0.2) is 7.11 Å². The van der Waals surface area contributed by atoms with Gasteiger partial charge in [0.2, 0.25) is 0 Å². The molecule has 94 valence electrons. The summed E-state index contributed by atoms with van der Waals surface area (Å²) in [6.45, 7) is 0. The highest BCUT2D eigenvalue weighted by Crippen LogP contribution is 2.43. The Morgan fingerprint density at radius 3 is 2.50 bits per heavy atom. The summed E-state index contributed by atoms with van der Waals surface area (Å²) in [7, 11) is 1.71. The molecule has 0 radical (unpaired) electrons. The zero-order valence-corrected chi connectivity index (χ0v) is 12.1. The van der Waals surface area contributed by atoms with E-state index in [0.29, 0.717) is 4.83 Å². The van der Waals surface area contributed by atoms with E-state index in [1.165, 1.54) is 35.6 Å². The van der Waals surface area contributed by atoms with Gasteiger partial charge in [0.1, 0.15) is 5.75 Å². The molecule has 3 rings (SSSR count). The second-order valence-corrected chi connectivity index (χ2v) is 6.05. The molecule has 1 nitrogen and oxygen atoms in total. The summed E-state index contributed by atoms with van der Waals surface area (Å²) in [6.07, 6.45) is 4.10. The number of ether oxygens (including phenoxy) is 1. The van der Waals surface area contributed by atoms with Gasteiger partial charge < -0.3 is 4.74 Å². The lowest BCUT2D eigenvalue weighted by Gasteiger charge is -2.30. The third-order valence-corrected chi connectivity index (χ3v) is 5.23. The van der Waals surface area contributed by atoms with Crippen molar-refractivity contribution < 1.29 is 4.74 Å². The fourth-order valence-corrected chi connectivity index (χ4v) is 3.36. The molecule has 1 atom stereocenters. The van der Waals surface area contributed by atoms with Crippen molar-refractivity contribution in [1.29, 1.82) is 0 Å². The number of halogens is 1. The summed E-state index contributed by atoms with van der Waals surface area (Å²) >= 11 is 3.85. The molecule has 2 heteroatoms. The lowest BCUT2D eigenvalue weighted by atomic mass is 9.80. The van der Waals surface area contributed by atoms with E-state index in [1.807, 2.05) is 6.07 Å². The molecule has 0 amide bonds. The zero-order chi connectivity index (χ0) is 12.5. The molecular formula is C16H17BrO. The molecule has 1 fully saturated rings. The fraction of sp³-hybridized carbons (Fsp3) is 0.375. The predicted octanol–water partition coefficient (Wildman–Crippen LogP) is 5.08. The fourth-order valence-electron chi connectivity index (χ4n) is 2.55. The van der Waals surface area contributed by atoms with Gasteiger partial charge in [-0.15, -0.1) is 0 Å². The summed E-state index contributed by atoms with van der Waals surface area (Å²) in [4.78, 5) is 0.512. The number of benzene rings is 2. The highest BCUT2D eigenvalue weighted by molar-refractivity contribution is 9.09. The van der Waals surface area contributed by atoms with Gasteiger partial charge in [-0.05, 0) is 47.2 Å². The van der Waals surface area contributed by atoms with E-state index >= 15 is 0 Å². The molecule has 0 spiro atoms. The summed E-state index contributed by atoms with van der Waals surface area (Å²) < 4.78 is 5.26. The molecular weight excluding hydrogens is 288 g/mol. The topological polar surface area (TPSA) is 9.23 Å². The quantitative estimate of drug-likeness (QED) is 0.718. The van der Waals surface area contributed by atoms with Crippen molar-refractivity contribution in [3.63, 3.8) is 0 Å². The average Bonchev–Trinajstić information content (AvgIpc) is 2.35. The van der Waals surface area contributed by atoms with E-state index in [9.17, 15) is 0 Å². The van der Waals surface area contributed by atoms with Gasteiger partial charge in [0, 0.05) is 4.83 Å². The van der Waals surface area contributed by atoms with E-state index in [2.05, 4.69) is 46.3 Å². The number of methoxy groups -OCH3 is 1. The molecule has 0 aromatic heterocycles. The van der Waals surface area contributed by atoms with Crippen LogP contribution in [0.15, 0.2) is 36.4 Å². The monoisotopic (exact) mass is 304 g/mol. The minimum Gasteiger partial charge on any atom is -0.497 e. The molecule has 2 aromatic carbocycles.